The first-order valence-electron chi connectivity index (χ1n) is 7.70. The highest BCUT2D eigenvalue weighted by atomic mass is 35.5. The molecule has 128 valence electrons. The Morgan fingerprint density at radius 2 is 2.04 bits per heavy atom. The summed E-state index contributed by atoms with van der Waals surface area (Å²) in [5.74, 6) is -0.295. The lowest BCUT2D eigenvalue weighted by atomic mass is 10.1. The minimum absolute atomic E-state index is 0.217. The number of rotatable bonds is 6. The summed E-state index contributed by atoms with van der Waals surface area (Å²) in [6.07, 6.45) is 5.28. The highest BCUT2D eigenvalue weighted by Crippen LogP contribution is 2.24. The average Bonchev–Trinajstić information content (AvgIpc) is 3.09. The molecule has 0 bridgehead atoms. The van der Waals surface area contributed by atoms with Crippen LogP contribution >= 0.6 is 11.6 Å². The molecule has 5 nitrogen and oxygen atoms in total. The number of pyridine rings is 1. The van der Waals surface area contributed by atoms with Crippen LogP contribution in [0.3, 0.4) is 0 Å². The molecule has 0 saturated heterocycles. The Labute approximate surface area is 148 Å². The molecule has 0 fully saturated rings. The van der Waals surface area contributed by atoms with Crippen molar-refractivity contribution < 1.29 is 13.6 Å². The van der Waals surface area contributed by atoms with E-state index >= 15 is 0 Å². The molecule has 0 spiro atoms. The average molecular weight is 360 g/mol. The van der Waals surface area contributed by atoms with Crippen LogP contribution in [0.5, 0.6) is 0 Å². The van der Waals surface area contributed by atoms with Crippen LogP contribution in [0.4, 0.5) is 4.39 Å². The number of carbonyl (C=O) groups is 1. The van der Waals surface area contributed by atoms with Gasteiger partial charge >= 0.3 is 0 Å². The van der Waals surface area contributed by atoms with Crippen molar-refractivity contribution in [1.29, 1.82) is 0 Å². The molecule has 25 heavy (non-hydrogen) atoms. The maximum absolute atomic E-state index is 13.1. The van der Waals surface area contributed by atoms with Crippen LogP contribution in [0.25, 0.3) is 11.3 Å². The quantitative estimate of drug-likeness (QED) is 0.678. The molecule has 0 atom stereocenters. The van der Waals surface area contributed by atoms with Crippen LogP contribution < -0.4 is 5.32 Å². The van der Waals surface area contributed by atoms with Crippen LogP contribution in [-0.4, -0.2) is 22.4 Å². The monoisotopic (exact) mass is 359 g/mol. The molecular weight excluding hydrogens is 345 g/mol. The first-order chi connectivity index (χ1) is 12.1. The van der Waals surface area contributed by atoms with Crippen LogP contribution in [0.2, 0.25) is 5.02 Å². The summed E-state index contributed by atoms with van der Waals surface area (Å²) in [7, 11) is 0. The molecule has 0 radical (unpaired) electrons. The molecule has 1 aromatic carbocycles. The van der Waals surface area contributed by atoms with E-state index in [1.54, 1.807) is 30.5 Å². The van der Waals surface area contributed by atoms with Crippen molar-refractivity contribution in [1.82, 2.24) is 15.3 Å². The Morgan fingerprint density at radius 3 is 2.80 bits per heavy atom. The predicted octanol–water partition coefficient (Wildman–Crippen LogP) is 3.89. The second-order valence-corrected chi connectivity index (χ2v) is 5.84. The molecule has 7 heteroatoms. The number of benzene rings is 1. The topological polar surface area (TPSA) is 68.0 Å². The van der Waals surface area contributed by atoms with Crippen molar-refractivity contribution >= 4 is 17.5 Å². The maximum atomic E-state index is 13.1. The fraction of sp³-hybridized carbons (Fsp3) is 0.167. The molecule has 0 saturated carbocycles. The maximum Gasteiger partial charge on any atom is 0.273 e. The molecule has 0 aliphatic carbocycles. The van der Waals surface area contributed by atoms with Gasteiger partial charge in [-0.25, -0.2) is 9.37 Å². The number of oxazole rings is 1. The number of hydrogen-bond donors (Lipinski definition) is 1. The van der Waals surface area contributed by atoms with Crippen molar-refractivity contribution in [2.45, 2.75) is 12.8 Å². The van der Waals surface area contributed by atoms with Gasteiger partial charge < -0.3 is 9.73 Å². The van der Waals surface area contributed by atoms with Crippen molar-refractivity contribution in [3.8, 4) is 11.3 Å². The molecule has 3 aromatic rings. The third-order valence-electron chi connectivity index (χ3n) is 3.58. The lowest BCUT2D eigenvalue weighted by molar-refractivity contribution is 0.0949. The molecule has 0 aliphatic heterocycles. The van der Waals surface area contributed by atoms with Gasteiger partial charge in [0.2, 0.25) is 0 Å². The third-order valence-corrected chi connectivity index (χ3v) is 3.83. The lowest BCUT2D eigenvalue weighted by Gasteiger charge is -2.05. The van der Waals surface area contributed by atoms with Crippen LogP contribution in [0, 0.1) is 5.82 Å². The van der Waals surface area contributed by atoms with Gasteiger partial charge in [-0.2, -0.15) is 0 Å². The number of carbonyl (C=O) groups excluding carboxylic acids is 1. The fourth-order valence-corrected chi connectivity index (χ4v) is 2.51. The van der Waals surface area contributed by atoms with E-state index in [9.17, 15) is 9.18 Å². The minimum atomic E-state index is -0.364. The number of nitrogens with zero attached hydrogens (tertiary/aromatic N) is 2. The van der Waals surface area contributed by atoms with E-state index in [0.717, 1.165) is 17.3 Å². The molecule has 1 amide bonds. The molecule has 0 aliphatic rings. The standard InChI is InChI=1S/C18H15ClFN3O2/c19-14-5-3-13(4-6-14)17-16(23-11-25-17)18(24)22-7-1-2-12-8-15(20)10-21-9-12/h3-6,8-11H,1-2,7H2,(H,22,24). The number of nitrogens with one attached hydrogen (secondary N) is 1. The summed E-state index contributed by atoms with van der Waals surface area (Å²) < 4.78 is 18.4. The number of aromatic nitrogens is 2. The van der Waals surface area contributed by atoms with Crippen LogP contribution in [0.1, 0.15) is 22.5 Å². The second kappa shape index (κ2) is 7.90. The van der Waals surface area contributed by atoms with E-state index in [4.69, 9.17) is 16.0 Å². The van der Waals surface area contributed by atoms with Crippen molar-refractivity contribution in [2.75, 3.05) is 6.54 Å². The Kier molecular flexibility index (Phi) is 5.40. The smallest absolute Gasteiger partial charge is 0.273 e. The zero-order valence-corrected chi connectivity index (χ0v) is 14.0. The van der Waals surface area contributed by atoms with Crippen molar-refractivity contribution in [3.63, 3.8) is 0 Å². The zero-order valence-electron chi connectivity index (χ0n) is 13.2. The molecule has 2 aromatic heterocycles. The van der Waals surface area contributed by atoms with Gasteiger partial charge in [-0.15, -0.1) is 0 Å². The minimum Gasteiger partial charge on any atom is -0.443 e. The van der Waals surface area contributed by atoms with Crippen molar-refractivity contribution in [3.05, 3.63) is 71.2 Å². The van der Waals surface area contributed by atoms with Gasteiger partial charge in [0.05, 0.1) is 6.20 Å². The summed E-state index contributed by atoms with van der Waals surface area (Å²) in [5, 5.41) is 3.39. The van der Waals surface area contributed by atoms with E-state index in [1.165, 1.54) is 12.5 Å². The SMILES string of the molecule is O=C(NCCCc1cncc(F)c1)c1ncoc1-c1ccc(Cl)cc1. The summed E-state index contributed by atoms with van der Waals surface area (Å²) >= 11 is 5.87. The predicted molar refractivity (Wildman–Crippen MR) is 91.8 cm³/mol. The van der Waals surface area contributed by atoms with Crippen LogP contribution in [0.15, 0.2) is 53.5 Å². The van der Waals surface area contributed by atoms with E-state index in [0.29, 0.717) is 30.2 Å². The van der Waals surface area contributed by atoms with Gasteiger partial charge in [0.15, 0.2) is 17.8 Å². The number of aryl methyl sites for hydroxylation is 1. The molecule has 2 heterocycles. The van der Waals surface area contributed by atoms with Gasteiger partial charge in [-0.05, 0) is 48.7 Å². The highest BCUT2D eigenvalue weighted by molar-refractivity contribution is 6.30. The summed E-state index contributed by atoms with van der Waals surface area (Å²) in [6.45, 7) is 0.433. The van der Waals surface area contributed by atoms with E-state index < -0.39 is 0 Å². The summed E-state index contributed by atoms with van der Waals surface area (Å²) in [6, 6.07) is 8.39. The van der Waals surface area contributed by atoms with Gasteiger partial charge in [0, 0.05) is 23.3 Å². The third kappa shape index (κ3) is 4.42. The summed E-state index contributed by atoms with van der Waals surface area (Å²) in [5.41, 5.74) is 1.73. The second-order valence-electron chi connectivity index (χ2n) is 5.41. The molecular formula is C18H15ClFN3O2. The number of halogens is 2. The fourth-order valence-electron chi connectivity index (χ4n) is 2.38. The lowest BCUT2D eigenvalue weighted by Crippen LogP contribution is -2.25. The first kappa shape index (κ1) is 17.1. The zero-order chi connectivity index (χ0) is 17.6. The van der Waals surface area contributed by atoms with E-state index in [-0.39, 0.29) is 17.4 Å². The number of amides is 1. The Morgan fingerprint density at radius 1 is 1.24 bits per heavy atom. The van der Waals surface area contributed by atoms with Crippen LogP contribution in [-0.2, 0) is 6.42 Å². The van der Waals surface area contributed by atoms with Crippen molar-refractivity contribution in [2.24, 2.45) is 0 Å². The number of hydrogen-bond acceptors (Lipinski definition) is 4. The van der Waals surface area contributed by atoms with Gasteiger partial charge in [0.1, 0.15) is 5.82 Å². The Bertz CT molecular complexity index is 865. The van der Waals surface area contributed by atoms with Gasteiger partial charge in [-0.3, -0.25) is 9.78 Å². The molecule has 1 N–H and O–H groups in total. The van der Waals surface area contributed by atoms with Gasteiger partial charge in [0.25, 0.3) is 5.91 Å². The highest BCUT2D eigenvalue weighted by Gasteiger charge is 2.17. The molecule has 0 unspecified atom stereocenters. The first-order valence-corrected chi connectivity index (χ1v) is 8.08. The van der Waals surface area contributed by atoms with E-state index in [1.807, 2.05) is 0 Å². The largest absolute Gasteiger partial charge is 0.443 e. The molecule has 3 rings (SSSR count). The Balaban J connectivity index is 1.57. The Hall–Kier alpha value is -2.73. The normalized spacial score (nSPS) is 10.6. The van der Waals surface area contributed by atoms with Gasteiger partial charge in [-0.1, -0.05) is 11.6 Å². The summed E-state index contributed by atoms with van der Waals surface area (Å²) in [4.78, 5) is 20.1. The van der Waals surface area contributed by atoms with E-state index in [2.05, 4.69) is 15.3 Å².